The molecule has 3 heteroatoms. The average molecular weight is 228 g/mol. The second-order valence-electron chi connectivity index (χ2n) is 4.48. The second-order valence-corrected chi connectivity index (χ2v) is 4.48. The Kier molecular flexibility index (Phi) is 10.5. The van der Waals surface area contributed by atoms with Crippen molar-refractivity contribution in [1.29, 1.82) is 0 Å². The Morgan fingerprint density at radius 2 is 1.94 bits per heavy atom. The first-order valence-corrected chi connectivity index (χ1v) is 6.72. The van der Waals surface area contributed by atoms with Gasteiger partial charge in [0, 0.05) is 12.5 Å². The smallest absolute Gasteiger partial charge is 0.217 e. The van der Waals surface area contributed by atoms with Gasteiger partial charge in [0.15, 0.2) is 0 Å². The van der Waals surface area contributed by atoms with Crippen molar-refractivity contribution in [2.24, 2.45) is 5.73 Å². The van der Waals surface area contributed by atoms with Crippen molar-refractivity contribution in [3.8, 4) is 0 Å². The van der Waals surface area contributed by atoms with Gasteiger partial charge in [0.1, 0.15) is 0 Å². The summed E-state index contributed by atoms with van der Waals surface area (Å²) in [5, 5.41) is 3.58. The molecule has 1 amide bonds. The van der Waals surface area contributed by atoms with Gasteiger partial charge in [-0.15, -0.1) is 0 Å². The van der Waals surface area contributed by atoms with E-state index in [1.165, 1.54) is 25.7 Å². The molecule has 0 rings (SSSR count). The SMILES string of the molecule is CCCCC(CC)NCCCCCC(N)=O. The molecule has 0 spiro atoms. The Morgan fingerprint density at radius 1 is 1.19 bits per heavy atom. The summed E-state index contributed by atoms with van der Waals surface area (Å²) in [7, 11) is 0. The minimum atomic E-state index is -0.178. The number of rotatable bonds is 11. The summed E-state index contributed by atoms with van der Waals surface area (Å²) in [6.07, 6.45) is 8.80. The molecule has 0 aliphatic carbocycles. The first-order valence-electron chi connectivity index (χ1n) is 6.72. The van der Waals surface area contributed by atoms with Crippen LogP contribution in [0.3, 0.4) is 0 Å². The zero-order valence-electron chi connectivity index (χ0n) is 10.9. The molecule has 0 aliphatic heterocycles. The predicted octanol–water partition coefficient (Wildman–Crippen LogP) is 2.59. The minimum absolute atomic E-state index is 0.178. The predicted molar refractivity (Wildman–Crippen MR) is 69.3 cm³/mol. The van der Waals surface area contributed by atoms with Gasteiger partial charge in [-0.05, 0) is 32.2 Å². The van der Waals surface area contributed by atoms with Crippen LogP contribution in [0.4, 0.5) is 0 Å². The molecule has 0 fully saturated rings. The third-order valence-corrected chi connectivity index (χ3v) is 2.93. The number of unbranched alkanes of at least 4 members (excludes halogenated alkanes) is 3. The van der Waals surface area contributed by atoms with E-state index in [1.54, 1.807) is 0 Å². The summed E-state index contributed by atoms with van der Waals surface area (Å²) >= 11 is 0. The van der Waals surface area contributed by atoms with Gasteiger partial charge in [0.2, 0.25) is 5.91 Å². The molecule has 0 saturated heterocycles. The quantitative estimate of drug-likeness (QED) is 0.534. The summed E-state index contributed by atoms with van der Waals surface area (Å²) in [6.45, 7) is 5.54. The number of nitrogens with two attached hydrogens (primary N) is 1. The van der Waals surface area contributed by atoms with Crippen molar-refractivity contribution in [2.75, 3.05) is 6.54 Å². The highest BCUT2D eigenvalue weighted by Gasteiger charge is 2.03. The number of nitrogens with one attached hydrogen (secondary N) is 1. The van der Waals surface area contributed by atoms with Gasteiger partial charge in [0.25, 0.3) is 0 Å². The van der Waals surface area contributed by atoms with Crippen LogP contribution in [0.25, 0.3) is 0 Å². The van der Waals surface area contributed by atoms with Crippen LogP contribution < -0.4 is 11.1 Å². The first-order chi connectivity index (χ1) is 7.70. The van der Waals surface area contributed by atoms with E-state index in [0.29, 0.717) is 12.5 Å². The van der Waals surface area contributed by atoms with E-state index in [4.69, 9.17) is 5.73 Å². The molecule has 3 N–H and O–H groups in total. The molecule has 1 atom stereocenters. The first kappa shape index (κ1) is 15.4. The number of carbonyl (C=O) groups excluding carboxylic acids is 1. The normalized spacial score (nSPS) is 12.6. The molecule has 0 aliphatic rings. The standard InChI is InChI=1S/C13H28N2O/c1-3-5-9-12(4-2)15-11-8-6-7-10-13(14)16/h12,15H,3-11H2,1-2H3,(H2,14,16). The van der Waals surface area contributed by atoms with Crippen molar-refractivity contribution >= 4 is 5.91 Å². The number of amides is 1. The van der Waals surface area contributed by atoms with E-state index in [2.05, 4.69) is 19.2 Å². The van der Waals surface area contributed by atoms with Gasteiger partial charge in [0.05, 0.1) is 0 Å². The monoisotopic (exact) mass is 228 g/mol. The fourth-order valence-corrected chi connectivity index (χ4v) is 1.81. The van der Waals surface area contributed by atoms with Gasteiger partial charge in [-0.3, -0.25) is 4.79 Å². The van der Waals surface area contributed by atoms with Gasteiger partial charge < -0.3 is 11.1 Å². The Morgan fingerprint density at radius 3 is 2.50 bits per heavy atom. The van der Waals surface area contributed by atoms with Crippen molar-refractivity contribution in [1.82, 2.24) is 5.32 Å². The van der Waals surface area contributed by atoms with E-state index in [9.17, 15) is 4.79 Å². The van der Waals surface area contributed by atoms with Crippen LogP contribution in [0.2, 0.25) is 0 Å². The third kappa shape index (κ3) is 9.97. The highest BCUT2D eigenvalue weighted by molar-refractivity contribution is 5.73. The maximum Gasteiger partial charge on any atom is 0.217 e. The number of hydrogen-bond donors (Lipinski definition) is 2. The average Bonchev–Trinajstić information content (AvgIpc) is 2.26. The molecule has 3 nitrogen and oxygen atoms in total. The van der Waals surface area contributed by atoms with E-state index in [1.807, 2.05) is 0 Å². The molecule has 1 unspecified atom stereocenters. The summed E-state index contributed by atoms with van der Waals surface area (Å²) in [5.41, 5.74) is 5.08. The fourth-order valence-electron chi connectivity index (χ4n) is 1.81. The molecule has 0 heterocycles. The lowest BCUT2D eigenvalue weighted by atomic mass is 10.1. The van der Waals surface area contributed by atoms with E-state index < -0.39 is 0 Å². The Hall–Kier alpha value is -0.570. The van der Waals surface area contributed by atoms with Crippen LogP contribution in [0.15, 0.2) is 0 Å². The lowest BCUT2D eigenvalue weighted by Gasteiger charge is -2.16. The van der Waals surface area contributed by atoms with Crippen LogP contribution in [0.5, 0.6) is 0 Å². The number of hydrogen-bond acceptors (Lipinski definition) is 2. The number of primary amides is 1. The molecule has 0 radical (unpaired) electrons. The largest absolute Gasteiger partial charge is 0.370 e. The summed E-state index contributed by atoms with van der Waals surface area (Å²) in [6, 6.07) is 0.677. The molecular weight excluding hydrogens is 200 g/mol. The zero-order chi connectivity index (χ0) is 12.2. The Balaban J connectivity index is 3.30. The maximum atomic E-state index is 10.5. The maximum absolute atomic E-state index is 10.5. The second kappa shape index (κ2) is 10.9. The van der Waals surface area contributed by atoms with Crippen LogP contribution in [-0.4, -0.2) is 18.5 Å². The van der Waals surface area contributed by atoms with E-state index in [-0.39, 0.29) is 5.91 Å². The van der Waals surface area contributed by atoms with Crippen LogP contribution >= 0.6 is 0 Å². The molecule has 16 heavy (non-hydrogen) atoms. The molecule has 96 valence electrons. The van der Waals surface area contributed by atoms with Crippen molar-refractivity contribution < 1.29 is 4.79 Å². The number of carbonyl (C=O) groups is 1. The van der Waals surface area contributed by atoms with Crippen LogP contribution in [-0.2, 0) is 4.79 Å². The molecule has 0 bridgehead atoms. The highest BCUT2D eigenvalue weighted by Crippen LogP contribution is 2.05. The van der Waals surface area contributed by atoms with Crippen molar-refractivity contribution in [3.63, 3.8) is 0 Å². The summed E-state index contributed by atoms with van der Waals surface area (Å²) in [5.74, 6) is -0.178. The summed E-state index contributed by atoms with van der Waals surface area (Å²) < 4.78 is 0. The summed E-state index contributed by atoms with van der Waals surface area (Å²) in [4.78, 5) is 10.5. The van der Waals surface area contributed by atoms with E-state index in [0.717, 1.165) is 25.8 Å². The lowest BCUT2D eigenvalue weighted by Crippen LogP contribution is -2.29. The van der Waals surface area contributed by atoms with Gasteiger partial charge >= 0.3 is 0 Å². The topological polar surface area (TPSA) is 55.1 Å². The third-order valence-electron chi connectivity index (χ3n) is 2.93. The molecule has 0 aromatic carbocycles. The fraction of sp³-hybridized carbons (Fsp3) is 0.923. The van der Waals surface area contributed by atoms with E-state index >= 15 is 0 Å². The van der Waals surface area contributed by atoms with Gasteiger partial charge in [-0.1, -0.05) is 33.1 Å². The molecular formula is C13H28N2O. The molecule has 0 aromatic heterocycles. The Bertz CT molecular complexity index is 171. The van der Waals surface area contributed by atoms with Crippen molar-refractivity contribution in [2.45, 2.75) is 71.3 Å². The molecule has 0 saturated carbocycles. The van der Waals surface area contributed by atoms with Crippen LogP contribution in [0.1, 0.15) is 65.2 Å². The van der Waals surface area contributed by atoms with Crippen LogP contribution in [0, 0.1) is 0 Å². The minimum Gasteiger partial charge on any atom is -0.370 e. The highest BCUT2D eigenvalue weighted by atomic mass is 16.1. The van der Waals surface area contributed by atoms with Gasteiger partial charge in [-0.25, -0.2) is 0 Å². The Labute approximate surface area is 100 Å². The van der Waals surface area contributed by atoms with Gasteiger partial charge in [-0.2, -0.15) is 0 Å². The zero-order valence-corrected chi connectivity index (χ0v) is 10.9. The molecule has 0 aromatic rings. The van der Waals surface area contributed by atoms with Crippen molar-refractivity contribution in [3.05, 3.63) is 0 Å². The lowest BCUT2D eigenvalue weighted by molar-refractivity contribution is -0.118.